The van der Waals surface area contributed by atoms with Crippen molar-refractivity contribution in [3.8, 4) is 11.8 Å². The minimum Gasteiger partial charge on any atom is -0.356 e. The molecule has 2 aromatic rings. The molecule has 1 aromatic heterocycles. The molecule has 1 atom stereocenters. The van der Waals surface area contributed by atoms with Crippen LogP contribution in [-0.4, -0.2) is 16.4 Å². The zero-order valence-corrected chi connectivity index (χ0v) is 12.9. The van der Waals surface area contributed by atoms with Gasteiger partial charge in [0.1, 0.15) is 0 Å². The number of benzene rings is 1. The second-order valence-corrected chi connectivity index (χ2v) is 6.43. The molecule has 1 saturated carbocycles. The summed E-state index contributed by atoms with van der Waals surface area (Å²) in [6, 6.07) is 6.41. The summed E-state index contributed by atoms with van der Waals surface area (Å²) in [5, 5.41) is 5.70. The predicted octanol–water partition coefficient (Wildman–Crippen LogP) is 4.28. The molecular formula is C19H22N2O. The lowest BCUT2D eigenvalue weighted by Gasteiger charge is -2.23. The Labute approximate surface area is 131 Å². The van der Waals surface area contributed by atoms with Gasteiger partial charge in [-0.2, -0.15) is 5.10 Å². The summed E-state index contributed by atoms with van der Waals surface area (Å²) >= 11 is 0. The van der Waals surface area contributed by atoms with Gasteiger partial charge in [0.15, 0.2) is 6.23 Å². The van der Waals surface area contributed by atoms with E-state index in [9.17, 15) is 0 Å². The van der Waals surface area contributed by atoms with Crippen molar-refractivity contribution in [2.45, 2.75) is 51.2 Å². The fraction of sp³-hybridized carbons (Fsp3) is 0.526. The zero-order valence-electron chi connectivity index (χ0n) is 12.9. The first-order valence-electron chi connectivity index (χ1n) is 8.50. The maximum atomic E-state index is 5.85. The van der Waals surface area contributed by atoms with Gasteiger partial charge in [0, 0.05) is 23.5 Å². The van der Waals surface area contributed by atoms with Crippen LogP contribution in [-0.2, 0) is 4.74 Å². The van der Waals surface area contributed by atoms with E-state index in [0.29, 0.717) is 5.92 Å². The average molecular weight is 294 g/mol. The van der Waals surface area contributed by atoms with Crippen LogP contribution in [0.2, 0.25) is 0 Å². The Morgan fingerprint density at radius 1 is 1.09 bits per heavy atom. The summed E-state index contributed by atoms with van der Waals surface area (Å²) < 4.78 is 7.88. The third kappa shape index (κ3) is 2.76. The maximum absolute atomic E-state index is 5.85. The quantitative estimate of drug-likeness (QED) is 0.734. The van der Waals surface area contributed by atoms with Crippen LogP contribution in [0.1, 0.15) is 56.7 Å². The molecule has 22 heavy (non-hydrogen) atoms. The van der Waals surface area contributed by atoms with Crippen LogP contribution >= 0.6 is 0 Å². The zero-order chi connectivity index (χ0) is 14.8. The lowest BCUT2D eigenvalue weighted by Crippen LogP contribution is -2.18. The highest BCUT2D eigenvalue weighted by molar-refractivity contribution is 5.80. The van der Waals surface area contributed by atoms with Gasteiger partial charge in [0.05, 0.1) is 11.7 Å². The molecule has 1 aliphatic carbocycles. The summed E-state index contributed by atoms with van der Waals surface area (Å²) in [5.74, 6) is 7.39. The predicted molar refractivity (Wildman–Crippen MR) is 87.4 cm³/mol. The maximum Gasteiger partial charge on any atom is 0.150 e. The summed E-state index contributed by atoms with van der Waals surface area (Å²) in [5.41, 5.74) is 2.25. The SMILES string of the molecule is C(#CC1CCCC1)c1ccc2c(cnn2C2CCCCO2)c1. The smallest absolute Gasteiger partial charge is 0.150 e. The van der Waals surface area contributed by atoms with E-state index in [4.69, 9.17) is 4.74 Å². The van der Waals surface area contributed by atoms with Gasteiger partial charge in [-0.15, -0.1) is 0 Å². The van der Waals surface area contributed by atoms with E-state index >= 15 is 0 Å². The third-order valence-corrected chi connectivity index (χ3v) is 4.80. The Hall–Kier alpha value is -1.79. The van der Waals surface area contributed by atoms with Gasteiger partial charge < -0.3 is 4.74 Å². The number of hydrogen-bond acceptors (Lipinski definition) is 2. The number of fused-ring (bicyclic) bond motifs is 1. The molecule has 3 nitrogen and oxygen atoms in total. The molecule has 4 rings (SSSR count). The first-order chi connectivity index (χ1) is 10.9. The van der Waals surface area contributed by atoms with Crippen LogP contribution in [0.4, 0.5) is 0 Å². The molecule has 1 aromatic carbocycles. The highest BCUT2D eigenvalue weighted by atomic mass is 16.5. The summed E-state index contributed by atoms with van der Waals surface area (Å²) in [4.78, 5) is 0. The lowest BCUT2D eigenvalue weighted by atomic mass is 10.1. The van der Waals surface area contributed by atoms with E-state index in [1.807, 2.05) is 10.9 Å². The van der Waals surface area contributed by atoms with E-state index in [-0.39, 0.29) is 6.23 Å². The van der Waals surface area contributed by atoms with Gasteiger partial charge in [-0.25, -0.2) is 4.68 Å². The van der Waals surface area contributed by atoms with Gasteiger partial charge >= 0.3 is 0 Å². The van der Waals surface area contributed by atoms with Crippen molar-refractivity contribution >= 4 is 10.9 Å². The van der Waals surface area contributed by atoms with E-state index in [2.05, 4.69) is 35.1 Å². The van der Waals surface area contributed by atoms with Crippen molar-refractivity contribution in [1.82, 2.24) is 9.78 Å². The number of nitrogens with zero attached hydrogens (tertiary/aromatic N) is 2. The summed E-state index contributed by atoms with van der Waals surface area (Å²) in [6.07, 6.45) is 10.7. The van der Waals surface area contributed by atoms with Crippen LogP contribution in [0.5, 0.6) is 0 Å². The summed E-state index contributed by atoms with van der Waals surface area (Å²) in [7, 11) is 0. The third-order valence-electron chi connectivity index (χ3n) is 4.80. The molecule has 0 N–H and O–H groups in total. The molecule has 114 valence electrons. The molecule has 2 fully saturated rings. The molecule has 3 heteroatoms. The molecule has 0 bridgehead atoms. The average Bonchev–Trinajstić information content (AvgIpc) is 3.23. The molecule has 1 saturated heterocycles. The molecule has 2 heterocycles. The molecule has 0 spiro atoms. The number of hydrogen-bond donors (Lipinski definition) is 0. The second kappa shape index (κ2) is 6.14. The highest BCUT2D eigenvalue weighted by Crippen LogP contribution is 2.27. The Morgan fingerprint density at radius 2 is 1.95 bits per heavy atom. The van der Waals surface area contributed by atoms with Crippen molar-refractivity contribution in [2.75, 3.05) is 6.61 Å². The van der Waals surface area contributed by atoms with Gasteiger partial charge in [-0.1, -0.05) is 24.7 Å². The van der Waals surface area contributed by atoms with Gasteiger partial charge in [0.25, 0.3) is 0 Å². The van der Waals surface area contributed by atoms with Gasteiger partial charge in [0.2, 0.25) is 0 Å². The van der Waals surface area contributed by atoms with Crippen molar-refractivity contribution in [1.29, 1.82) is 0 Å². The largest absolute Gasteiger partial charge is 0.356 e. The monoisotopic (exact) mass is 294 g/mol. The highest BCUT2D eigenvalue weighted by Gasteiger charge is 2.18. The van der Waals surface area contributed by atoms with Gasteiger partial charge in [-0.05, 0) is 50.3 Å². The van der Waals surface area contributed by atoms with E-state index < -0.39 is 0 Å². The number of aromatic nitrogens is 2. The molecular weight excluding hydrogens is 272 g/mol. The minimum atomic E-state index is 0.0988. The minimum absolute atomic E-state index is 0.0988. The molecule has 1 unspecified atom stereocenters. The topological polar surface area (TPSA) is 27.1 Å². The van der Waals surface area contributed by atoms with E-state index in [1.54, 1.807) is 0 Å². The second-order valence-electron chi connectivity index (χ2n) is 6.43. The molecule has 2 aliphatic rings. The van der Waals surface area contributed by atoms with Crippen molar-refractivity contribution in [3.63, 3.8) is 0 Å². The van der Waals surface area contributed by atoms with Gasteiger partial charge in [-0.3, -0.25) is 0 Å². The lowest BCUT2D eigenvalue weighted by molar-refractivity contribution is -0.0366. The Kier molecular flexibility index (Phi) is 3.86. The van der Waals surface area contributed by atoms with Crippen LogP contribution in [0.25, 0.3) is 10.9 Å². The number of ether oxygens (including phenoxy) is 1. The first-order valence-corrected chi connectivity index (χ1v) is 8.50. The van der Waals surface area contributed by atoms with Crippen LogP contribution < -0.4 is 0 Å². The summed E-state index contributed by atoms with van der Waals surface area (Å²) in [6.45, 7) is 0.844. The van der Waals surface area contributed by atoms with Crippen LogP contribution in [0, 0.1) is 17.8 Å². The van der Waals surface area contributed by atoms with Crippen molar-refractivity contribution in [3.05, 3.63) is 30.0 Å². The fourth-order valence-electron chi connectivity index (χ4n) is 3.53. The first kappa shape index (κ1) is 13.8. The Bertz CT molecular complexity index is 710. The van der Waals surface area contributed by atoms with E-state index in [0.717, 1.165) is 35.9 Å². The molecule has 1 aliphatic heterocycles. The fourth-order valence-corrected chi connectivity index (χ4v) is 3.53. The van der Waals surface area contributed by atoms with Crippen molar-refractivity contribution < 1.29 is 4.74 Å². The molecule has 0 radical (unpaired) electrons. The Balaban J connectivity index is 1.59. The van der Waals surface area contributed by atoms with E-state index in [1.165, 1.54) is 32.1 Å². The van der Waals surface area contributed by atoms with Crippen LogP contribution in [0.15, 0.2) is 24.4 Å². The molecule has 0 amide bonds. The number of rotatable bonds is 1. The standard InChI is InChI=1S/C19H22N2O/c1-2-6-15(5-1)8-9-16-10-11-18-17(13-16)14-20-21(18)19-7-3-4-12-22-19/h10-11,13-15,19H,1-7,12H2. The normalized spacial score (nSPS) is 22.6. The Morgan fingerprint density at radius 3 is 2.77 bits per heavy atom. The van der Waals surface area contributed by atoms with Crippen LogP contribution in [0.3, 0.4) is 0 Å². The van der Waals surface area contributed by atoms with Crippen molar-refractivity contribution in [2.24, 2.45) is 5.92 Å².